The number of carboxylic acids is 2. The topological polar surface area (TPSA) is 180 Å². The van der Waals surface area contributed by atoms with E-state index in [0.29, 0.717) is 11.8 Å². The maximum Gasteiger partial charge on any atom is 0.416 e. The molecular weight excluding hydrogens is 364 g/mol. The number of amidine groups is 2. The molecule has 0 bridgehead atoms. The fraction of sp³-hybridized carbons (Fsp3) is 0.0667. The van der Waals surface area contributed by atoms with Crippen molar-refractivity contribution in [2.24, 2.45) is 9.98 Å². The fourth-order valence-electron chi connectivity index (χ4n) is 2.70. The van der Waals surface area contributed by atoms with E-state index in [-0.39, 0.29) is 21.3 Å². The third-order valence-corrected chi connectivity index (χ3v) is 3.83. The first kappa shape index (κ1) is 17.6. The van der Waals surface area contributed by atoms with Crippen molar-refractivity contribution in [1.29, 1.82) is 0 Å². The van der Waals surface area contributed by atoms with Gasteiger partial charge in [-0.3, -0.25) is 0 Å². The van der Waals surface area contributed by atoms with Crippen LogP contribution in [0.1, 0.15) is 5.56 Å². The Morgan fingerprint density at radius 1 is 0.852 bits per heavy atom. The summed E-state index contributed by atoms with van der Waals surface area (Å²) < 4.78 is 0. The molecule has 1 aromatic rings. The molecule has 0 aromatic heterocycles. The Morgan fingerprint density at radius 2 is 1.44 bits per heavy atom. The van der Waals surface area contributed by atoms with Crippen molar-refractivity contribution in [1.82, 2.24) is 9.80 Å². The maximum atomic E-state index is 11.8. The molecule has 0 saturated carbocycles. The summed E-state index contributed by atoms with van der Waals surface area (Å²) in [7, 11) is 0. The average Bonchev–Trinajstić information content (AvgIpc) is 3.03. The normalized spacial score (nSPS) is 17.4. The van der Waals surface area contributed by atoms with Crippen LogP contribution < -0.4 is 0 Å². The van der Waals surface area contributed by atoms with Crippen LogP contribution in [0.25, 0.3) is 0 Å². The molecule has 0 saturated heterocycles. The number of nitrogens with zero attached hydrogens (tertiary/aromatic N) is 4. The Balaban J connectivity index is 2.29. The summed E-state index contributed by atoms with van der Waals surface area (Å²) in [5, 5.41) is 37.8. The van der Waals surface area contributed by atoms with Crippen molar-refractivity contribution in [2.75, 3.05) is 0 Å². The Bertz CT molecular complexity index is 951. The highest BCUT2D eigenvalue weighted by molar-refractivity contribution is 6.24. The first-order valence-corrected chi connectivity index (χ1v) is 7.18. The quantitative estimate of drug-likeness (QED) is 0.553. The molecule has 12 nitrogen and oxygen atoms in total. The third kappa shape index (κ3) is 2.38. The number of rotatable bonds is 3. The monoisotopic (exact) mass is 374 g/mol. The summed E-state index contributed by atoms with van der Waals surface area (Å²) in [6.07, 6.45) is -3.40. The van der Waals surface area contributed by atoms with Gasteiger partial charge in [0.05, 0.1) is 0 Å². The van der Waals surface area contributed by atoms with E-state index in [2.05, 4.69) is 9.98 Å². The molecule has 0 radical (unpaired) electrons. The second-order valence-electron chi connectivity index (χ2n) is 5.30. The van der Waals surface area contributed by atoms with Crippen molar-refractivity contribution in [3.05, 3.63) is 47.8 Å². The number of benzene rings is 1. The number of carbonyl (C=O) groups is 4. The predicted octanol–water partition coefficient (Wildman–Crippen LogP) is 0.526. The van der Waals surface area contributed by atoms with Gasteiger partial charge in [0.1, 0.15) is 5.70 Å². The third-order valence-electron chi connectivity index (χ3n) is 3.83. The highest BCUT2D eigenvalue weighted by atomic mass is 16.4. The second kappa shape index (κ2) is 5.94. The van der Waals surface area contributed by atoms with Gasteiger partial charge >= 0.3 is 29.8 Å². The molecule has 2 heterocycles. The summed E-state index contributed by atoms with van der Waals surface area (Å²) in [6.45, 7) is 0. The molecule has 1 aromatic carbocycles. The van der Waals surface area contributed by atoms with E-state index in [1.807, 2.05) is 0 Å². The van der Waals surface area contributed by atoms with E-state index >= 15 is 0 Å². The van der Waals surface area contributed by atoms with E-state index in [1.54, 1.807) is 30.3 Å². The molecule has 0 unspecified atom stereocenters. The van der Waals surface area contributed by atoms with Crippen LogP contribution in [0.5, 0.6) is 0 Å². The van der Waals surface area contributed by atoms with Crippen LogP contribution in [0.2, 0.25) is 0 Å². The number of hydrogen-bond donors (Lipinski definition) is 4. The Morgan fingerprint density at radius 3 is 1.93 bits per heavy atom. The van der Waals surface area contributed by atoms with Gasteiger partial charge in [0.25, 0.3) is 0 Å². The Hall–Kier alpha value is -4.22. The van der Waals surface area contributed by atoms with Gasteiger partial charge in [-0.1, -0.05) is 30.3 Å². The molecule has 0 aliphatic carbocycles. The van der Waals surface area contributed by atoms with Gasteiger partial charge in [0, 0.05) is 11.8 Å². The molecule has 12 heteroatoms. The zero-order chi connectivity index (χ0) is 19.9. The average molecular weight is 374 g/mol. The lowest BCUT2D eigenvalue weighted by Gasteiger charge is -2.42. The molecule has 0 spiro atoms. The molecule has 138 valence electrons. The lowest BCUT2D eigenvalue weighted by Crippen LogP contribution is -2.74. The number of fused-ring (bicyclic) bond motifs is 1. The lowest BCUT2D eigenvalue weighted by atomic mass is 10.0. The molecule has 0 fully saturated rings. The zero-order valence-electron chi connectivity index (χ0n) is 13.2. The SMILES string of the molecule is O=C(O)N1C=C2N=C(c3ccccc3)N=C2N(C(=O)O)C1(C(=O)O)C(=O)O. The van der Waals surface area contributed by atoms with Gasteiger partial charge in [0.15, 0.2) is 11.7 Å². The largest absolute Gasteiger partial charge is 0.478 e. The summed E-state index contributed by atoms with van der Waals surface area (Å²) in [5.74, 6) is -5.10. The zero-order valence-corrected chi connectivity index (χ0v) is 13.2. The van der Waals surface area contributed by atoms with Gasteiger partial charge in [-0.2, -0.15) is 0 Å². The van der Waals surface area contributed by atoms with Crippen LogP contribution in [0.3, 0.4) is 0 Å². The molecule has 27 heavy (non-hydrogen) atoms. The van der Waals surface area contributed by atoms with E-state index in [9.17, 15) is 39.6 Å². The highest BCUT2D eigenvalue weighted by Gasteiger charge is 2.65. The molecule has 3 rings (SSSR count). The Labute approximate surface area is 149 Å². The molecule has 2 aliphatic heterocycles. The van der Waals surface area contributed by atoms with Crippen LogP contribution in [-0.4, -0.2) is 71.7 Å². The van der Waals surface area contributed by atoms with E-state index < -0.39 is 35.6 Å². The van der Waals surface area contributed by atoms with Crippen LogP contribution >= 0.6 is 0 Å². The van der Waals surface area contributed by atoms with Crippen LogP contribution in [0, 0.1) is 0 Å². The number of carboxylic acid groups (broad SMARTS) is 4. The maximum absolute atomic E-state index is 11.8. The first-order valence-electron chi connectivity index (χ1n) is 7.18. The van der Waals surface area contributed by atoms with Crippen molar-refractivity contribution >= 4 is 35.8 Å². The van der Waals surface area contributed by atoms with Crippen LogP contribution in [0.4, 0.5) is 9.59 Å². The van der Waals surface area contributed by atoms with Crippen molar-refractivity contribution in [3.63, 3.8) is 0 Å². The summed E-state index contributed by atoms with van der Waals surface area (Å²) >= 11 is 0. The molecule has 2 aliphatic rings. The van der Waals surface area contributed by atoms with Crippen molar-refractivity contribution in [2.45, 2.75) is 5.66 Å². The minimum absolute atomic E-state index is 0.0278. The van der Waals surface area contributed by atoms with Gasteiger partial charge in [-0.15, -0.1) is 0 Å². The minimum Gasteiger partial charge on any atom is -0.478 e. The predicted molar refractivity (Wildman–Crippen MR) is 86.2 cm³/mol. The molecule has 2 amide bonds. The second-order valence-corrected chi connectivity index (χ2v) is 5.30. The molecule has 4 N–H and O–H groups in total. The van der Waals surface area contributed by atoms with Crippen LogP contribution in [0.15, 0.2) is 52.2 Å². The number of aliphatic carboxylic acids is 2. The van der Waals surface area contributed by atoms with Crippen LogP contribution in [-0.2, 0) is 9.59 Å². The number of amides is 2. The standard InChI is InChI=1S/C15H10N4O8/c20-11(21)15(12(22)23)18(13(24)25)6-8-10(19(15)14(26)27)17-9(16-8)7-4-2-1-3-5-7/h1-6H,(H,20,21)(H,22,23)(H,24,25)(H,26,27). The van der Waals surface area contributed by atoms with E-state index in [1.165, 1.54) is 0 Å². The molecular formula is C15H10N4O8. The Kier molecular flexibility index (Phi) is 3.87. The van der Waals surface area contributed by atoms with Gasteiger partial charge in [0.2, 0.25) is 0 Å². The summed E-state index contributed by atoms with van der Waals surface area (Å²) in [4.78, 5) is 54.5. The van der Waals surface area contributed by atoms with Gasteiger partial charge in [-0.25, -0.2) is 39.0 Å². The van der Waals surface area contributed by atoms with E-state index in [4.69, 9.17) is 0 Å². The van der Waals surface area contributed by atoms with Crippen molar-refractivity contribution in [3.8, 4) is 0 Å². The first-order chi connectivity index (χ1) is 12.7. The summed E-state index contributed by atoms with van der Waals surface area (Å²) in [6, 6.07) is 8.16. The number of aliphatic imine (C=N–C) groups is 2. The highest BCUT2D eigenvalue weighted by Crippen LogP contribution is 2.34. The van der Waals surface area contributed by atoms with E-state index in [0.717, 1.165) is 0 Å². The smallest absolute Gasteiger partial charge is 0.416 e. The molecule has 0 atom stereocenters. The van der Waals surface area contributed by atoms with Gasteiger partial charge in [-0.05, 0) is 0 Å². The van der Waals surface area contributed by atoms with Gasteiger partial charge < -0.3 is 20.4 Å². The summed E-state index contributed by atoms with van der Waals surface area (Å²) in [5.41, 5.74) is -3.37. The van der Waals surface area contributed by atoms with Crippen molar-refractivity contribution < 1.29 is 39.6 Å². The number of hydrogen-bond acceptors (Lipinski definition) is 6. The fourth-order valence-corrected chi connectivity index (χ4v) is 2.70. The minimum atomic E-state index is -3.50. The lowest BCUT2D eigenvalue weighted by molar-refractivity contribution is -0.173.